The molecule has 0 spiro atoms. The van der Waals surface area contributed by atoms with Gasteiger partial charge in [0.1, 0.15) is 0 Å². The summed E-state index contributed by atoms with van der Waals surface area (Å²) in [5.41, 5.74) is 2.68. The molecule has 0 aromatic carbocycles. The smallest absolute Gasteiger partial charge is 0.257 e. The quantitative estimate of drug-likeness (QED) is 0.612. The summed E-state index contributed by atoms with van der Waals surface area (Å²) in [5.74, 6) is 0.656. The third-order valence-corrected chi connectivity index (χ3v) is 3.03. The molecular formula is C10H15BIN. The molecule has 1 rings (SSSR count). The van der Waals surface area contributed by atoms with Gasteiger partial charge in [0.25, 0.3) is 5.14 Å². The molecule has 1 nitrogen and oxygen atoms in total. The first-order valence-corrected chi connectivity index (χ1v) is 6.31. The van der Waals surface area contributed by atoms with Crippen LogP contribution >= 0.6 is 22.4 Å². The van der Waals surface area contributed by atoms with E-state index in [1.54, 1.807) is 0 Å². The zero-order chi connectivity index (χ0) is 9.68. The maximum absolute atomic E-state index is 4.39. The fourth-order valence-corrected chi connectivity index (χ4v) is 2.24. The van der Waals surface area contributed by atoms with E-state index >= 15 is 0 Å². The van der Waals surface area contributed by atoms with E-state index in [0.29, 0.717) is 5.92 Å². The molecule has 0 aliphatic carbocycles. The Morgan fingerprint density at radius 2 is 2.38 bits per heavy atom. The third kappa shape index (κ3) is 2.97. The molecule has 0 aliphatic heterocycles. The summed E-state index contributed by atoms with van der Waals surface area (Å²) in [6.45, 7) is 4.52. The highest BCUT2D eigenvalue weighted by molar-refractivity contribution is 14.1. The summed E-state index contributed by atoms with van der Waals surface area (Å²) >= 11 is 2.38. The van der Waals surface area contributed by atoms with Gasteiger partial charge in [-0.3, -0.25) is 4.98 Å². The number of aromatic nitrogens is 1. The van der Waals surface area contributed by atoms with Gasteiger partial charge < -0.3 is 0 Å². The molecule has 0 aliphatic rings. The van der Waals surface area contributed by atoms with E-state index in [9.17, 15) is 0 Å². The first-order chi connectivity index (χ1) is 6.29. The molecule has 1 atom stereocenters. The SMILES string of the molecule is CCCC(C)c1cccnc1BI. The van der Waals surface area contributed by atoms with E-state index in [-0.39, 0.29) is 0 Å². The van der Waals surface area contributed by atoms with Crippen LogP contribution in [0.3, 0.4) is 0 Å². The van der Waals surface area contributed by atoms with Crippen LogP contribution in [0.5, 0.6) is 0 Å². The monoisotopic (exact) mass is 287 g/mol. The molecule has 1 unspecified atom stereocenters. The predicted molar refractivity (Wildman–Crippen MR) is 68.4 cm³/mol. The van der Waals surface area contributed by atoms with Crippen molar-refractivity contribution < 1.29 is 0 Å². The van der Waals surface area contributed by atoms with Crippen molar-refractivity contribution in [2.24, 2.45) is 0 Å². The molecule has 0 fully saturated rings. The van der Waals surface area contributed by atoms with Crippen molar-refractivity contribution in [3.63, 3.8) is 0 Å². The number of rotatable bonds is 4. The normalized spacial score (nSPS) is 12.5. The zero-order valence-electron chi connectivity index (χ0n) is 8.26. The summed E-state index contributed by atoms with van der Waals surface area (Å²) in [4.78, 5) is 4.39. The fourth-order valence-electron chi connectivity index (χ4n) is 1.60. The lowest BCUT2D eigenvalue weighted by molar-refractivity contribution is 0.666. The average Bonchev–Trinajstić information content (AvgIpc) is 2.18. The van der Waals surface area contributed by atoms with Crippen molar-refractivity contribution in [2.75, 3.05) is 0 Å². The molecule has 0 saturated heterocycles. The molecule has 0 radical (unpaired) electrons. The van der Waals surface area contributed by atoms with E-state index in [1.165, 1.54) is 24.0 Å². The van der Waals surface area contributed by atoms with E-state index in [2.05, 4.69) is 47.3 Å². The standard InChI is InChI=1S/C10H15BIN/c1-3-5-8(2)9-6-4-7-13-10(9)11-12/h4,6-8,11H,3,5H2,1-2H3. The molecule has 1 aromatic heterocycles. The molecule has 13 heavy (non-hydrogen) atoms. The molecule has 0 bridgehead atoms. The van der Waals surface area contributed by atoms with Gasteiger partial charge in [-0.25, -0.2) is 0 Å². The van der Waals surface area contributed by atoms with Gasteiger partial charge in [0.05, 0.1) is 0 Å². The van der Waals surface area contributed by atoms with E-state index < -0.39 is 0 Å². The molecule has 0 saturated carbocycles. The lowest BCUT2D eigenvalue weighted by Gasteiger charge is -2.13. The van der Waals surface area contributed by atoms with Crippen molar-refractivity contribution in [3.8, 4) is 0 Å². The van der Waals surface area contributed by atoms with Crippen LogP contribution in [-0.2, 0) is 0 Å². The molecule has 1 aromatic rings. The molecule has 3 heteroatoms. The first kappa shape index (κ1) is 11.0. The van der Waals surface area contributed by atoms with Crippen LogP contribution in [0.25, 0.3) is 0 Å². The van der Waals surface area contributed by atoms with Crippen LogP contribution in [0.2, 0.25) is 0 Å². The average molecular weight is 287 g/mol. The van der Waals surface area contributed by atoms with Crippen LogP contribution in [-0.4, -0.2) is 10.1 Å². The van der Waals surface area contributed by atoms with Crippen LogP contribution < -0.4 is 5.59 Å². The molecule has 0 amide bonds. The largest absolute Gasteiger partial charge is 0.270 e. The van der Waals surface area contributed by atoms with Crippen molar-refractivity contribution in [2.45, 2.75) is 32.6 Å². The number of hydrogen-bond donors (Lipinski definition) is 0. The number of hydrogen-bond acceptors (Lipinski definition) is 1. The van der Waals surface area contributed by atoms with Gasteiger partial charge in [0, 0.05) is 11.8 Å². The van der Waals surface area contributed by atoms with Gasteiger partial charge in [0.2, 0.25) is 0 Å². The summed E-state index contributed by atoms with van der Waals surface area (Å²) in [5, 5.41) is 1.02. The number of nitrogens with zero attached hydrogens (tertiary/aromatic N) is 1. The van der Waals surface area contributed by atoms with Crippen molar-refractivity contribution >= 4 is 33.1 Å². The van der Waals surface area contributed by atoms with Gasteiger partial charge in [-0.15, -0.1) is 22.4 Å². The Morgan fingerprint density at radius 3 is 3.00 bits per heavy atom. The minimum absolute atomic E-state index is 0.656. The summed E-state index contributed by atoms with van der Waals surface area (Å²) in [6, 6.07) is 4.25. The second kappa shape index (κ2) is 5.63. The lowest BCUT2D eigenvalue weighted by Crippen LogP contribution is -2.20. The Hall–Kier alpha value is -0.0551. The minimum atomic E-state index is 0.656. The predicted octanol–water partition coefficient (Wildman–Crippen LogP) is 2.40. The Morgan fingerprint density at radius 1 is 1.62 bits per heavy atom. The highest BCUT2D eigenvalue weighted by Crippen LogP contribution is 2.17. The minimum Gasteiger partial charge on any atom is -0.270 e. The summed E-state index contributed by atoms with van der Waals surface area (Å²) in [7, 11) is 0. The highest BCUT2D eigenvalue weighted by atomic mass is 127. The lowest BCUT2D eigenvalue weighted by atomic mass is 9.87. The van der Waals surface area contributed by atoms with Crippen LogP contribution in [0.1, 0.15) is 38.2 Å². The zero-order valence-corrected chi connectivity index (χ0v) is 10.4. The Kier molecular flexibility index (Phi) is 4.77. The Labute approximate surface area is 94.5 Å². The third-order valence-electron chi connectivity index (χ3n) is 2.30. The maximum atomic E-state index is 4.39. The number of pyridine rings is 1. The highest BCUT2D eigenvalue weighted by Gasteiger charge is 2.09. The van der Waals surface area contributed by atoms with Crippen molar-refractivity contribution in [3.05, 3.63) is 23.9 Å². The van der Waals surface area contributed by atoms with Crippen LogP contribution in [0.4, 0.5) is 0 Å². The van der Waals surface area contributed by atoms with Gasteiger partial charge in [-0.05, 0) is 24.0 Å². The summed E-state index contributed by atoms with van der Waals surface area (Å²) < 4.78 is 0. The van der Waals surface area contributed by atoms with Crippen molar-refractivity contribution in [1.82, 2.24) is 4.98 Å². The van der Waals surface area contributed by atoms with Crippen molar-refractivity contribution in [1.29, 1.82) is 0 Å². The molecule has 0 N–H and O–H groups in total. The Bertz CT molecular complexity index is 265. The molecule has 70 valence electrons. The molecular weight excluding hydrogens is 272 g/mol. The van der Waals surface area contributed by atoms with E-state index in [0.717, 1.165) is 5.14 Å². The van der Waals surface area contributed by atoms with Gasteiger partial charge in [0.15, 0.2) is 0 Å². The Balaban J connectivity index is 2.85. The van der Waals surface area contributed by atoms with E-state index in [4.69, 9.17) is 0 Å². The topological polar surface area (TPSA) is 12.9 Å². The van der Waals surface area contributed by atoms with E-state index in [1.807, 2.05) is 12.3 Å². The van der Waals surface area contributed by atoms with Crippen LogP contribution in [0, 0.1) is 0 Å². The molecule has 1 heterocycles. The first-order valence-electron chi connectivity index (χ1n) is 4.79. The van der Waals surface area contributed by atoms with Crippen LogP contribution in [0.15, 0.2) is 18.3 Å². The van der Waals surface area contributed by atoms with Gasteiger partial charge >= 0.3 is 0 Å². The maximum Gasteiger partial charge on any atom is 0.257 e. The number of halogens is 1. The summed E-state index contributed by atoms with van der Waals surface area (Å²) in [6.07, 6.45) is 4.39. The second-order valence-corrected chi connectivity index (χ2v) is 4.13. The fraction of sp³-hybridized carbons (Fsp3) is 0.500. The second-order valence-electron chi connectivity index (χ2n) is 3.36. The van der Waals surface area contributed by atoms with Gasteiger partial charge in [-0.1, -0.05) is 26.3 Å². The van der Waals surface area contributed by atoms with Gasteiger partial charge in [-0.2, -0.15) is 0 Å².